The number of aromatic nitrogens is 2. The average molecular weight is 495 g/mol. The topological polar surface area (TPSA) is 173 Å². The number of hydrogen-bond acceptors (Lipinski definition) is 9. The van der Waals surface area contributed by atoms with E-state index in [2.05, 4.69) is 5.10 Å². The summed E-state index contributed by atoms with van der Waals surface area (Å²) in [6, 6.07) is 3.43. The zero-order valence-corrected chi connectivity index (χ0v) is 19.8. The normalized spacial score (nSPS) is 25.4. The van der Waals surface area contributed by atoms with Gasteiger partial charge in [0.25, 0.3) is 0 Å². The van der Waals surface area contributed by atoms with Crippen LogP contribution in [0.1, 0.15) is 28.8 Å². The highest BCUT2D eigenvalue weighted by atomic mass is 16.4. The first-order valence-electron chi connectivity index (χ1n) is 11.3. The molecule has 5 rings (SSSR count). The third kappa shape index (κ3) is 2.95. The second kappa shape index (κ2) is 7.69. The molecule has 0 spiro atoms. The Bertz CT molecular complexity index is 1430. The van der Waals surface area contributed by atoms with Crippen molar-refractivity contribution in [1.82, 2.24) is 9.78 Å². The molecule has 3 atom stereocenters. The van der Waals surface area contributed by atoms with Crippen molar-refractivity contribution < 1.29 is 39.9 Å². The first-order valence-corrected chi connectivity index (χ1v) is 11.3. The molecule has 11 nitrogen and oxygen atoms in total. The number of carbonyl (C=O) groups is 3. The molecule has 0 aliphatic heterocycles. The van der Waals surface area contributed by atoms with Gasteiger partial charge in [-0.05, 0) is 36.5 Å². The minimum absolute atomic E-state index is 0.0425. The highest BCUT2D eigenvalue weighted by Crippen LogP contribution is 2.53. The van der Waals surface area contributed by atoms with Gasteiger partial charge in [-0.2, -0.15) is 5.10 Å². The van der Waals surface area contributed by atoms with Crippen molar-refractivity contribution in [2.24, 2.45) is 18.9 Å². The highest BCUT2D eigenvalue weighted by molar-refractivity contribution is 6.23. The van der Waals surface area contributed by atoms with E-state index in [1.807, 2.05) is 0 Å². The lowest BCUT2D eigenvalue weighted by molar-refractivity contribution is -0.147. The van der Waals surface area contributed by atoms with E-state index in [0.29, 0.717) is 22.5 Å². The number of aliphatic carboxylic acids is 1. The maximum atomic E-state index is 13.8. The fraction of sp³-hybridized carbons (Fsp3) is 0.360. The number of aryl methyl sites for hydroxylation is 1. The number of benzene rings is 1. The van der Waals surface area contributed by atoms with Gasteiger partial charge in [-0.25, -0.2) is 4.79 Å². The van der Waals surface area contributed by atoms with E-state index in [1.54, 1.807) is 44.4 Å². The van der Waals surface area contributed by atoms with Gasteiger partial charge in [-0.15, -0.1) is 0 Å². The number of aromatic hydroxyl groups is 1. The molecule has 2 aromatic rings. The number of Topliss-reactive ketones (excluding diaryl/α,β-unsaturated/α-hetero) is 2. The van der Waals surface area contributed by atoms with Crippen LogP contribution >= 0.6 is 0 Å². The fourth-order valence-corrected chi connectivity index (χ4v) is 5.87. The van der Waals surface area contributed by atoms with Crippen molar-refractivity contribution in [3.63, 3.8) is 0 Å². The zero-order chi connectivity index (χ0) is 26.3. The first-order chi connectivity index (χ1) is 16.9. The highest BCUT2D eigenvalue weighted by Gasteiger charge is 2.60. The second-order valence-corrected chi connectivity index (χ2v) is 9.73. The number of carboxylic acid groups (broad SMARTS) is 1. The molecular weight excluding hydrogens is 470 g/mol. The molecule has 1 heterocycles. The zero-order valence-electron chi connectivity index (χ0n) is 19.8. The van der Waals surface area contributed by atoms with E-state index >= 15 is 0 Å². The summed E-state index contributed by atoms with van der Waals surface area (Å²) in [4.78, 5) is 40.2. The van der Waals surface area contributed by atoms with Crippen molar-refractivity contribution in [1.29, 1.82) is 0 Å². The van der Waals surface area contributed by atoms with E-state index in [1.165, 1.54) is 4.68 Å². The largest absolute Gasteiger partial charge is 0.511 e. The third-order valence-electron chi connectivity index (χ3n) is 7.58. The quantitative estimate of drug-likeness (QED) is 0.394. The molecule has 0 unspecified atom stereocenters. The Hall–Kier alpha value is -4.12. The standard InChI is InChI=1S/C25H25N3O8/c1-27(2)15-9-13(14-4-5-26-28(14)3)20(30)18-12(15)7-10-6-11-8-16(29)19(24(34)35)23(33)25(11,36)22(32)17(10)21(18)31/h4-5,9-11,29-30,32,36H,6-8H2,1-3H3,(H,34,35)/t10-,11+,25+/m1/s1. The Morgan fingerprint density at radius 3 is 2.47 bits per heavy atom. The Labute approximate surface area is 205 Å². The smallest absolute Gasteiger partial charge is 0.342 e. The van der Waals surface area contributed by atoms with Gasteiger partial charge in [0.05, 0.1) is 11.3 Å². The SMILES string of the molecule is CN(C)c1cc(-c2ccnn2C)c(O)c2c1C[C@H]1C[C@H]3CC(O)=C(C(=O)O)C(=O)[C@@]3(O)C(O)=C1C2=O. The van der Waals surface area contributed by atoms with Gasteiger partial charge in [0.1, 0.15) is 22.8 Å². The number of phenols is 1. The molecule has 1 aromatic heterocycles. The van der Waals surface area contributed by atoms with Gasteiger partial charge >= 0.3 is 5.97 Å². The van der Waals surface area contributed by atoms with Gasteiger partial charge < -0.3 is 30.4 Å². The maximum Gasteiger partial charge on any atom is 0.342 e. The molecular formula is C25H25N3O8. The lowest BCUT2D eigenvalue weighted by atomic mass is 9.60. The summed E-state index contributed by atoms with van der Waals surface area (Å²) >= 11 is 0. The first kappa shape index (κ1) is 23.6. The Kier molecular flexibility index (Phi) is 5.04. The Morgan fingerprint density at radius 1 is 1.19 bits per heavy atom. The number of hydrogen-bond donors (Lipinski definition) is 5. The number of anilines is 1. The molecule has 0 fully saturated rings. The number of aliphatic hydroxyl groups excluding tert-OH is 2. The van der Waals surface area contributed by atoms with Crippen LogP contribution in [0.5, 0.6) is 5.75 Å². The Balaban J connectivity index is 1.74. The molecule has 5 N–H and O–H groups in total. The molecule has 11 heteroatoms. The minimum Gasteiger partial charge on any atom is -0.511 e. The fourth-order valence-electron chi connectivity index (χ4n) is 5.87. The van der Waals surface area contributed by atoms with E-state index in [4.69, 9.17) is 0 Å². The predicted octanol–water partition coefficient (Wildman–Crippen LogP) is 1.65. The number of carbonyl (C=O) groups excluding carboxylic acids is 2. The monoisotopic (exact) mass is 495 g/mol. The molecule has 36 heavy (non-hydrogen) atoms. The number of ketones is 2. The summed E-state index contributed by atoms with van der Waals surface area (Å²) in [6.07, 6.45) is 1.46. The van der Waals surface area contributed by atoms with Crippen LogP contribution in [0.3, 0.4) is 0 Å². The van der Waals surface area contributed by atoms with Crippen LogP contribution in [-0.2, 0) is 23.1 Å². The van der Waals surface area contributed by atoms with Crippen LogP contribution in [0.2, 0.25) is 0 Å². The molecule has 0 radical (unpaired) electrons. The molecule has 3 aliphatic carbocycles. The van der Waals surface area contributed by atoms with E-state index < -0.39 is 52.1 Å². The number of carboxylic acids is 1. The van der Waals surface area contributed by atoms with E-state index in [-0.39, 0.29) is 36.1 Å². The van der Waals surface area contributed by atoms with Crippen LogP contribution in [0.25, 0.3) is 11.3 Å². The molecule has 0 saturated heterocycles. The van der Waals surface area contributed by atoms with Gasteiger partial charge in [-0.3, -0.25) is 14.3 Å². The number of fused-ring (bicyclic) bond motifs is 3. The van der Waals surface area contributed by atoms with Gasteiger partial charge in [0, 0.05) is 56.5 Å². The van der Waals surface area contributed by atoms with Crippen molar-refractivity contribution in [2.45, 2.75) is 24.9 Å². The van der Waals surface area contributed by atoms with Crippen molar-refractivity contribution >= 4 is 23.2 Å². The van der Waals surface area contributed by atoms with Gasteiger partial charge in [-0.1, -0.05) is 0 Å². The molecule has 1 aromatic carbocycles. The maximum absolute atomic E-state index is 13.8. The van der Waals surface area contributed by atoms with Crippen LogP contribution in [-0.4, -0.2) is 72.5 Å². The van der Waals surface area contributed by atoms with Crippen LogP contribution in [0, 0.1) is 11.8 Å². The lowest BCUT2D eigenvalue weighted by Crippen LogP contribution is -2.56. The van der Waals surface area contributed by atoms with Crippen LogP contribution in [0.15, 0.2) is 41.0 Å². The van der Waals surface area contributed by atoms with Gasteiger partial charge in [0.15, 0.2) is 11.4 Å². The summed E-state index contributed by atoms with van der Waals surface area (Å²) in [7, 11) is 5.27. The van der Waals surface area contributed by atoms with Crippen LogP contribution < -0.4 is 4.90 Å². The number of phenolic OH excluding ortho intramolecular Hbond substituents is 1. The van der Waals surface area contributed by atoms with Crippen molar-refractivity contribution in [3.05, 3.63) is 52.1 Å². The lowest BCUT2D eigenvalue weighted by Gasteiger charge is -2.45. The summed E-state index contributed by atoms with van der Waals surface area (Å²) in [5, 5.41) is 57.5. The summed E-state index contributed by atoms with van der Waals surface area (Å²) in [5.74, 6) is -7.43. The Morgan fingerprint density at radius 2 is 1.89 bits per heavy atom. The number of allylic oxidation sites excluding steroid dienone is 2. The molecule has 3 aliphatic rings. The summed E-state index contributed by atoms with van der Waals surface area (Å²) in [6.45, 7) is 0. The molecule has 0 amide bonds. The van der Waals surface area contributed by atoms with Crippen molar-refractivity contribution in [3.8, 4) is 17.0 Å². The van der Waals surface area contributed by atoms with Crippen molar-refractivity contribution in [2.75, 3.05) is 19.0 Å². The molecule has 0 saturated carbocycles. The molecule has 188 valence electrons. The number of rotatable bonds is 3. The minimum atomic E-state index is -2.67. The average Bonchev–Trinajstić information content (AvgIpc) is 3.21. The third-order valence-corrected chi connectivity index (χ3v) is 7.58. The second-order valence-electron chi connectivity index (χ2n) is 9.73. The van der Waals surface area contributed by atoms with Crippen LogP contribution in [0.4, 0.5) is 5.69 Å². The summed E-state index contributed by atoms with van der Waals surface area (Å²) < 4.78 is 1.54. The van der Waals surface area contributed by atoms with E-state index in [9.17, 15) is 39.9 Å². The van der Waals surface area contributed by atoms with E-state index in [0.717, 1.165) is 0 Å². The number of nitrogens with zero attached hydrogens (tertiary/aromatic N) is 3. The van der Waals surface area contributed by atoms with Gasteiger partial charge in [0.2, 0.25) is 5.78 Å². The summed E-state index contributed by atoms with van der Waals surface area (Å²) in [5.41, 5.74) is -1.87. The number of aliphatic hydroxyl groups is 3. The predicted molar refractivity (Wildman–Crippen MR) is 126 cm³/mol. The molecule has 0 bridgehead atoms.